The molecule has 0 aliphatic carbocycles. The summed E-state index contributed by atoms with van der Waals surface area (Å²) in [6.07, 6.45) is 1.53. The van der Waals surface area contributed by atoms with Crippen LogP contribution in [0.25, 0.3) is 0 Å². The van der Waals surface area contributed by atoms with Crippen LogP contribution in [0.1, 0.15) is 12.8 Å². The fourth-order valence-electron chi connectivity index (χ4n) is 1.84. The third kappa shape index (κ3) is 2.73. The summed E-state index contributed by atoms with van der Waals surface area (Å²) in [7, 11) is -1.73. The van der Waals surface area contributed by atoms with E-state index in [9.17, 15) is 8.42 Å². The molecule has 7 heteroatoms. The summed E-state index contributed by atoms with van der Waals surface area (Å²) in [4.78, 5) is 0. The first-order chi connectivity index (χ1) is 8.03. The molecule has 0 aromatic carbocycles. The predicted octanol–water partition coefficient (Wildman–Crippen LogP) is 2.31. The van der Waals surface area contributed by atoms with E-state index in [1.54, 1.807) is 18.5 Å². The smallest absolute Gasteiger partial charge is 0.253 e. The molecule has 1 aromatic rings. The van der Waals surface area contributed by atoms with Crippen LogP contribution in [0, 0.1) is 0 Å². The van der Waals surface area contributed by atoms with Crippen LogP contribution in [-0.2, 0) is 14.8 Å². The zero-order valence-corrected chi connectivity index (χ0v) is 12.6. The van der Waals surface area contributed by atoms with Gasteiger partial charge in [0.05, 0.1) is 0 Å². The minimum absolute atomic E-state index is 0.0442. The molecule has 1 aliphatic rings. The second kappa shape index (κ2) is 5.36. The van der Waals surface area contributed by atoms with Gasteiger partial charge in [0.25, 0.3) is 10.0 Å². The van der Waals surface area contributed by atoms with Crippen molar-refractivity contribution in [3.05, 3.63) is 15.9 Å². The molecule has 17 heavy (non-hydrogen) atoms. The lowest BCUT2D eigenvalue weighted by Gasteiger charge is -2.30. The maximum atomic E-state index is 12.4. The van der Waals surface area contributed by atoms with Gasteiger partial charge in [-0.05, 0) is 40.2 Å². The van der Waals surface area contributed by atoms with Crippen LogP contribution < -0.4 is 0 Å². The van der Waals surface area contributed by atoms with Crippen molar-refractivity contribution >= 4 is 37.3 Å². The van der Waals surface area contributed by atoms with E-state index in [1.165, 1.54) is 15.6 Å². The van der Waals surface area contributed by atoms with E-state index < -0.39 is 10.0 Å². The molecular weight excluding hydrogens is 326 g/mol. The highest BCUT2D eigenvalue weighted by molar-refractivity contribution is 9.10. The molecule has 0 amide bonds. The van der Waals surface area contributed by atoms with E-state index in [4.69, 9.17) is 4.74 Å². The Morgan fingerprint density at radius 3 is 2.65 bits per heavy atom. The zero-order valence-electron chi connectivity index (χ0n) is 9.43. The Morgan fingerprint density at radius 1 is 1.47 bits per heavy atom. The van der Waals surface area contributed by atoms with E-state index in [0.29, 0.717) is 21.9 Å². The van der Waals surface area contributed by atoms with Crippen LogP contribution in [0.3, 0.4) is 0 Å². The number of hydrogen-bond donors (Lipinski definition) is 0. The topological polar surface area (TPSA) is 46.6 Å². The maximum Gasteiger partial charge on any atom is 0.253 e. The third-order valence-electron chi connectivity index (χ3n) is 2.90. The summed E-state index contributed by atoms with van der Waals surface area (Å²) in [5.74, 6) is 0. The fourth-order valence-corrected chi connectivity index (χ4v) is 5.73. The number of sulfonamides is 1. The maximum absolute atomic E-state index is 12.4. The second-order valence-electron chi connectivity index (χ2n) is 3.92. The van der Waals surface area contributed by atoms with Crippen LogP contribution in [0.5, 0.6) is 0 Å². The Balaban J connectivity index is 2.23. The standard InChI is InChI=1S/C10H14BrNO3S2/c1-12(8-2-5-15-6-3-8)17(13,14)10-9(11)4-7-16-10/h4,7-8H,2-3,5-6H2,1H3. The normalized spacial score (nSPS) is 18.8. The molecule has 0 spiro atoms. The summed E-state index contributed by atoms with van der Waals surface area (Å²) < 4.78 is 32.5. The highest BCUT2D eigenvalue weighted by atomic mass is 79.9. The molecule has 0 radical (unpaired) electrons. The van der Waals surface area contributed by atoms with Crippen molar-refractivity contribution in [3.8, 4) is 0 Å². The Morgan fingerprint density at radius 2 is 2.12 bits per heavy atom. The molecule has 0 unspecified atom stereocenters. The summed E-state index contributed by atoms with van der Waals surface area (Å²) >= 11 is 4.52. The van der Waals surface area contributed by atoms with E-state index in [0.717, 1.165) is 12.8 Å². The molecule has 1 aliphatic heterocycles. The van der Waals surface area contributed by atoms with Crippen LogP contribution >= 0.6 is 27.3 Å². The summed E-state index contributed by atoms with van der Waals surface area (Å²) in [6.45, 7) is 1.27. The van der Waals surface area contributed by atoms with E-state index in [-0.39, 0.29) is 6.04 Å². The monoisotopic (exact) mass is 339 g/mol. The van der Waals surface area contributed by atoms with E-state index in [1.807, 2.05) is 0 Å². The van der Waals surface area contributed by atoms with E-state index >= 15 is 0 Å². The molecule has 4 nitrogen and oxygen atoms in total. The molecule has 1 aromatic heterocycles. The molecule has 0 atom stereocenters. The molecule has 2 rings (SSSR count). The van der Waals surface area contributed by atoms with Crippen molar-refractivity contribution in [1.82, 2.24) is 4.31 Å². The van der Waals surface area contributed by atoms with Gasteiger partial charge in [-0.15, -0.1) is 11.3 Å². The first-order valence-electron chi connectivity index (χ1n) is 5.32. The molecule has 1 fully saturated rings. The van der Waals surface area contributed by atoms with Gasteiger partial charge in [0.15, 0.2) is 0 Å². The Labute approximate surface area is 114 Å². The minimum Gasteiger partial charge on any atom is -0.381 e. The van der Waals surface area contributed by atoms with Crippen LogP contribution in [-0.4, -0.2) is 39.0 Å². The van der Waals surface area contributed by atoms with Crippen LogP contribution in [0.4, 0.5) is 0 Å². The Bertz CT molecular complexity index is 479. The average molecular weight is 340 g/mol. The summed E-state index contributed by atoms with van der Waals surface area (Å²) in [5, 5.41) is 1.77. The van der Waals surface area contributed by atoms with Crippen LogP contribution in [0.2, 0.25) is 0 Å². The van der Waals surface area contributed by atoms with Gasteiger partial charge < -0.3 is 4.74 Å². The molecule has 0 saturated carbocycles. The van der Waals surface area contributed by atoms with Crippen molar-refractivity contribution in [2.24, 2.45) is 0 Å². The van der Waals surface area contributed by atoms with Gasteiger partial charge in [-0.3, -0.25) is 0 Å². The molecule has 0 bridgehead atoms. The average Bonchev–Trinajstić information content (AvgIpc) is 2.76. The van der Waals surface area contributed by atoms with Crippen molar-refractivity contribution in [2.45, 2.75) is 23.1 Å². The largest absolute Gasteiger partial charge is 0.381 e. The van der Waals surface area contributed by atoms with E-state index in [2.05, 4.69) is 15.9 Å². The van der Waals surface area contributed by atoms with Crippen molar-refractivity contribution < 1.29 is 13.2 Å². The summed E-state index contributed by atoms with van der Waals surface area (Å²) in [6, 6.07) is 1.80. The lowest BCUT2D eigenvalue weighted by Crippen LogP contribution is -2.40. The van der Waals surface area contributed by atoms with Gasteiger partial charge >= 0.3 is 0 Å². The number of hydrogen-bond acceptors (Lipinski definition) is 4. The first-order valence-corrected chi connectivity index (χ1v) is 8.43. The number of rotatable bonds is 3. The third-order valence-corrected chi connectivity index (χ3v) is 7.46. The SMILES string of the molecule is CN(C1CCOCC1)S(=O)(=O)c1sccc1Br. The lowest BCUT2D eigenvalue weighted by molar-refractivity contribution is 0.0632. The quantitative estimate of drug-likeness (QED) is 0.848. The zero-order chi connectivity index (χ0) is 12.5. The molecule has 96 valence electrons. The van der Waals surface area contributed by atoms with Crippen molar-refractivity contribution in [2.75, 3.05) is 20.3 Å². The van der Waals surface area contributed by atoms with Crippen molar-refractivity contribution in [1.29, 1.82) is 0 Å². The van der Waals surface area contributed by atoms with Gasteiger partial charge in [0.2, 0.25) is 0 Å². The van der Waals surface area contributed by atoms with Gasteiger partial charge in [0.1, 0.15) is 4.21 Å². The molecule has 1 saturated heterocycles. The molecular formula is C10H14BrNO3S2. The molecule has 2 heterocycles. The minimum atomic E-state index is -3.38. The number of nitrogens with zero attached hydrogens (tertiary/aromatic N) is 1. The second-order valence-corrected chi connectivity index (χ2v) is 7.88. The van der Waals surface area contributed by atoms with Crippen LogP contribution in [0.15, 0.2) is 20.1 Å². The number of ether oxygens (including phenoxy) is 1. The van der Waals surface area contributed by atoms with Gasteiger partial charge in [0, 0.05) is 30.8 Å². The highest BCUT2D eigenvalue weighted by Crippen LogP contribution is 2.31. The van der Waals surface area contributed by atoms with Gasteiger partial charge in [-0.1, -0.05) is 0 Å². The first kappa shape index (κ1) is 13.5. The number of halogens is 1. The summed E-state index contributed by atoms with van der Waals surface area (Å²) in [5.41, 5.74) is 0. The Kier molecular flexibility index (Phi) is 4.25. The predicted molar refractivity (Wildman–Crippen MR) is 70.8 cm³/mol. The van der Waals surface area contributed by atoms with Gasteiger partial charge in [-0.2, -0.15) is 4.31 Å². The highest BCUT2D eigenvalue weighted by Gasteiger charge is 2.31. The molecule has 0 N–H and O–H groups in total. The fraction of sp³-hybridized carbons (Fsp3) is 0.600. The van der Waals surface area contributed by atoms with Crippen molar-refractivity contribution in [3.63, 3.8) is 0 Å². The number of thiophene rings is 1. The Hall–Kier alpha value is 0.0500. The van der Waals surface area contributed by atoms with Gasteiger partial charge in [-0.25, -0.2) is 8.42 Å². The lowest BCUT2D eigenvalue weighted by atomic mass is 10.1.